The van der Waals surface area contributed by atoms with Crippen molar-refractivity contribution in [3.8, 4) is 0 Å². The third-order valence-corrected chi connectivity index (χ3v) is 1.84. The van der Waals surface area contributed by atoms with Gasteiger partial charge in [0.25, 0.3) is 0 Å². The van der Waals surface area contributed by atoms with E-state index in [-0.39, 0.29) is 5.56 Å². The molecule has 1 N–H and O–H groups in total. The van der Waals surface area contributed by atoms with Crippen LogP contribution in [0.15, 0.2) is 18.2 Å². The van der Waals surface area contributed by atoms with E-state index in [9.17, 15) is 4.79 Å². The zero-order valence-electron chi connectivity index (χ0n) is 7.34. The lowest BCUT2D eigenvalue weighted by Crippen LogP contribution is -2.07. The summed E-state index contributed by atoms with van der Waals surface area (Å²) in [5.74, 6) is -0.990. The molecule has 72 valence electrons. The van der Waals surface area contributed by atoms with Crippen LogP contribution in [0.5, 0.6) is 0 Å². The van der Waals surface area contributed by atoms with Gasteiger partial charge in [-0.2, -0.15) is 0 Å². The number of carboxylic acids is 1. The van der Waals surface area contributed by atoms with Crippen LogP contribution in [0.4, 0.5) is 0 Å². The molecular formula is C8H7N3O3. The highest BCUT2D eigenvalue weighted by molar-refractivity contribution is 5.92. The number of hydrogen-bond donors (Lipinski definition) is 1. The number of benzene rings is 1. The fourth-order valence-electron chi connectivity index (χ4n) is 1.17. The van der Waals surface area contributed by atoms with Crippen molar-refractivity contribution in [1.29, 1.82) is 0 Å². The highest BCUT2D eigenvalue weighted by Gasteiger charge is 2.08. The molecule has 0 bridgehead atoms. The van der Waals surface area contributed by atoms with E-state index in [1.807, 2.05) is 0 Å². The van der Waals surface area contributed by atoms with E-state index in [0.29, 0.717) is 11.0 Å². The summed E-state index contributed by atoms with van der Waals surface area (Å²) in [6, 6.07) is 4.52. The number of carboxylic acid groups (broad SMARTS) is 1. The van der Waals surface area contributed by atoms with Crippen molar-refractivity contribution in [3.05, 3.63) is 23.8 Å². The minimum absolute atomic E-state index is 0.179. The van der Waals surface area contributed by atoms with Gasteiger partial charge in [-0.05, 0) is 23.4 Å². The number of nitrogens with zero attached hydrogens (tertiary/aromatic N) is 3. The van der Waals surface area contributed by atoms with Gasteiger partial charge in [0.05, 0.1) is 5.56 Å². The minimum atomic E-state index is -0.990. The number of aromatic carboxylic acids is 1. The average Bonchev–Trinajstić information content (AvgIpc) is 2.59. The molecule has 0 saturated heterocycles. The first kappa shape index (κ1) is 8.49. The van der Waals surface area contributed by atoms with Crippen LogP contribution in [0.1, 0.15) is 10.4 Å². The van der Waals surface area contributed by atoms with Crippen LogP contribution >= 0.6 is 0 Å². The number of fused-ring (bicyclic) bond motifs is 1. The molecule has 2 aromatic rings. The molecule has 1 heterocycles. The van der Waals surface area contributed by atoms with Gasteiger partial charge in [-0.1, -0.05) is 4.85 Å². The Balaban J connectivity index is 2.67. The first-order chi connectivity index (χ1) is 6.72. The maximum Gasteiger partial charge on any atom is 0.335 e. The van der Waals surface area contributed by atoms with Crippen molar-refractivity contribution >= 4 is 17.0 Å². The molecule has 0 fully saturated rings. The molecule has 0 aliphatic rings. The Morgan fingerprint density at radius 2 is 2.36 bits per heavy atom. The quantitative estimate of drug-likeness (QED) is 0.736. The van der Waals surface area contributed by atoms with Crippen molar-refractivity contribution in [3.63, 3.8) is 0 Å². The molecule has 0 amide bonds. The van der Waals surface area contributed by atoms with Gasteiger partial charge in [0.1, 0.15) is 18.1 Å². The monoisotopic (exact) mass is 193 g/mol. The van der Waals surface area contributed by atoms with E-state index in [1.54, 1.807) is 6.07 Å². The van der Waals surface area contributed by atoms with E-state index >= 15 is 0 Å². The van der Waals surface area contributed by atoms with Gasteiger partial charge in [0, 0.05) is 0 Å². The number of hydrogen-bond acceptors (Lipinski definition) is 4. The Labute approximate surface area is 78.7 Å². The largest absolute Gasteiger partial charge is 0.478 e. The molecule has 0 saturated carbocycles. The summed E-state index contributed by atoms with van der Waals surface area (Å²) in [7, 11) is 1.43. The summed E-state index contributed by atoms with van der Waals surface area (Å²) in [5.41, 5.74) is 1.31. The third kappa shape index (κ3) is 1.17. The molecule has 0 aliphatic heterocycles. The molecule has 1 aromatic heterocycles. The Morgan fingerprint density at radius 1 is 1.57 bits per heavy atom. The fourth-order valence-corrected chi connectivity index (χ4v) is 1.17. The second kappa shape index (κ2) is 2.99. The summed E-state index contributed by atoms with van der Waals surface area (Å²) >= 11 is 0. The molecule has 0 unspecified atom stereocenters. The Hall–Kier alpha value is -2.11. The maximum atomic E-state index is 10.7. The van der Waals surface area contributed by atoms with Gasteiger partial charge in [0.15, 0.2) is 0 Å². The van der Waals surface area contributed by atoms with E-state index in [4.69, 9.17) is 9.94 Å². The van der Waals surface area contributed by atoms with Crippen molar-refractivity contribution in [1.82, 2.24) is 15.2 Å². The van der Waals surface area contributed by atoms with E-state index in [2.05, 4.69) is 10.3 Å². The van der Waals surface area contributed by atoms with Crippen LogP contribution in [-0.4, -0.2) is 33.3 Å². The molecule has 0 aliphatic carbocycles. The van der Waals surface area contributed by atoms with Crippen molar-refractivity contribution < 1.29 is 14.7 Å². The second-order valence-corrected chi connectivity index (χ2v) is 2.65. The lowest BCUT2D eigenvalue weighted by molar-refractivity contribution is 0.0697. The predicted molar refractivity (Wildman–Crippen MR) is 47.0 cm³/mol. The van der Waals surface area contributed by atoms with Crippen molar-refractivity contribution in [2.24, 2.45) is 0 Å². The van der Waals surface area contributed by atoms with E-state index in [1.165, 1.54) is 24.1 Å². The normalized spacial score (nSPS) is 10.4. The van der Waals surface area contributed by atoms with E-state index in [0.717, 1.165) is 0 Å². The molecule has 6 nitrogen and oxygen atoms in total. The smallest absolute Gasteiger partial charge is 0.335 e. The Kier molecular flexibility index (Phi) is 1.81. The standard InChI is InChI=1S/C8H7N3O3/c1-14-11-7-4-5(8(12)13)2-3-6(7)9-10-11/h2-4H,1H3,(H,12,13). The molecule has 0 spiro atoms. The first-order valence-electron chi connectivity index (χ1n) is 3.85. The highest BCUT2D eigenvalue weighted by Crippen LogP contribution is 2.12. The van der Waals surface area contributed by atoms with Crippen LogP contribution < -0.4 is 4.84 Å². The third-order valence-electron chi connectivity index (χ3n) is 1.84. The number of carbonyl (C=O) groups is 1. The minimum Gasteiger partial charge on any atom is -0.478 e. The van der Waals surface area contributed by atoms with Gasteiger partial charge in [-0.3, -0.25) is 0 Å². The lowest BCUT2D eigenvalue weighted by Gasteiger charge is -1.98. The molecule has 1 aromatic carbocycles. The van der Waals surface area contributed by atoms with Crippen LogP contribution in [0.25, 0.3) is 11.0 Å². The summed E-state index contributed by atoms with van der Waals surface area (Å²) in [6.45, 7) is 0. The maximum absolute atomic E-state index is 10.7. The molecule has 6 heteroatoms. The summed E-state index contributed by atoms with van der Waals surface area (Å²) < 4.78 is 0. The highest BCUT2D eigenvalue weighted by atomic mass is 16.7. The average molecular weight is 193 g/mol. The van der Waals surface area contributed by atoms with Gasteiger partial charge >= 0.3 is 5.97 Å². The Bertz CT molecular complexity index is 492. The van der Waals surface area contributed by atoms with Crippen LogP contribution in [0, 0.1) is 0 Å². The Morgan fingerprint density at radius 3 is 3.00 bits per heavy atom. The molecule has 14 heavy (non-hydrogen) atoms. The zero-order valence-corrected chi connectivity index (χ0v) is 7.34. The number of aromatic nitrogens is 3. The van der Waals surface area contributed by atoms with Crippen LogP contribution in [0.3, 0.4) is 0 Å². The topological polar surface area (TPSA) is 77.2 Å². The second-order valence-electron chi connectivity index (χ2n) is 2.65. The van der Waals surface area contributed by atoms with Gasteiger partial charge in [-0.25, -0.2) is 4.79 Å². The van der Waals surface area contributed by atoms with Crippen molar-refractivity contribution in [2.45, 2.75) is 0 Å². The molecule has 2 rings (SSSR count). The summed E-state index contributed by atoms with van der Waals surface area (Å²) in [6.07, 6.45) is 0. The SMILES string of the molecule is COn1nnc2ccc(C(=O)O)cc21. The van der Waals surface area contributed by atoms with Gasteiger partial charge in [0.2, 0.25) is 0 Å². The molecular weight excluding hydrogens is 186 g/mol. The first-order valence-corrected chi connectivity index (χ1v) is 3.85. The molecule has 0 atom stereocenters. The van der Waals surface area contributed by atoms with Gasteiger partial charge in [-0.15, -0.1) is 5.10 Å². The number of rotatable bonds is 2. The zero-order chi connectivity index (χ0) is 10.1. The fraction of sp³-hybridized carbons (Fsp3) is 0.125. The summed E-state index contributed by atoms with van der Waals surface area (Å²) in [5, 5.41) is 16.2. The van der Waals surface area contributed by atoms with Gasteiger partial charge < -0.3 is 9.94 Å². The molecule has 0 radical (unpaired) electrons. The van der Waals surface area contributed by atoms with E-state index < -0.39 is 5.97 Å². The lowest BCUT2D eigenvalue weighted by atomic mass is 10.2. The van der Waals surface area contributed by atoms with Crippen LogP contribution in [0.2, 0.25) is 0 Å². The predicted octanol–water partition coefficient (Wildman–Crippen LogP) is 0.188. The van der Waals surface area contributed by atoms with Crippen molar-refractivity contribution in [2.75, 3.05) is 7.11 Å². The summed E-state index contributed by atoms with van der Waals surface area (Å²) in [4.78, 5) is 16.7. The van der Waals surface area contributed by atoms with Crippen LogP contribution in [-0.2, 0) is 0 Å².